The maximum Gasteiger partial charge on any atom is 0.224 e. The lowest BCUT2D eigenvalue weighted by atomic mass is 9.73. The van der Waals surface area contributed by atoms with Gasteiger partial charge in [-0.1, -0.05) is 0 Å². The fraction of sp³-hybridized carbons (Fsp3) is 0.679. The average Bonchev–Trinajstić information content (AvgIpc) is 3.12. The van der Waals surface area contributed by atoms with E-state index in [0.29, 0.717) is 37.0 Å². The first kappa shape index (κ1) is 29.1. The van der Waals surface area contributed by atoms with Gasteiger partial charge >= 0.3 is 0 Å². The van der Waals surface area contributed by atoms with E-state index >= 15 is 0 Å². The number of fused-ring (bicyclic) bond motifs is 1. The Labute approximate surface area is 219 Å². The summed E-state index contributed by atoms with van der Waals surface area (Å²) in [5.74, 6) is -2.63. The van der Waals surface area contributed by atoms with E-state index in [9.17, 15) is 29.7 Å². The molecule has 37 heavy (non-hydrogen) atoms. The molecule has 1 saturated heterocycles. The first-order valence-electron chi connectivity index (χ1n) is 13.3. The van der Waals surface area contributed by atoms with Gasteiger partial charge in [-0.15, -0.1) is 0 Å². The van der Waals surface area contributed by atoms with Crippen molar-refractivity contribution in [2.75, 3.05) is 32.2 Å². The van der Waals surface area contributed by atoms with Crippen LogP contribution in [0, 0.1) is 17.8 Å². The van der Waals surface area contributed by atoms with Gasteiger partial charge < -0.3 is 26.0 Å². The lowest BCUT2D eigenvalue weighted by Gasteiger charge is -2.34. The number of aliphatic hydroxyl groups is 2. The monoisotopic (exact) mass is 517 g/mol. The molecule has 5 N–H and O–H groups in total. The highest BCUT2D eigenvalue weighted by molar-refractivity contribution is 6.03. The Balaban J connectivity index is 1.90. The molecule has 9 nitrogen and oxygen atoms in total. The zero-order chi connectivity index (χ0) is 27.4. The molecule has 1 amide bonds. The number of hydrogen-bond donors (Lipinski definition) is 4. The van der Waals surface area contributed by atoms with Crippen LogP contribution in [0.3, 0.4) is 0 Å². The third-order valence-electron chi connectivity index (χ3n) is 8.34. The number of nitrogens with two attached hydrogens (primary N) is 1. The van der Waals surface area contributed by atoms with Crippen LogP contribution in [0.2, 0.25) is 0 Å². The van der Waals surface area contributed by atoms with Gasteiger partial charge in [0, 0.05) is 62.9 Å². The number of primary amides is 1. The summed E-state index contributed by atoms with van der Waals surface area (Å²) in [7, 11) is 3.84. The summed E-state index contributed by atoms with van der Waals surface area (Å²) < 4.78 is 0. The number of likely N-dealkylation sites (tertiary alicyclic amines) is 1. The van der Waals surface area contributed by atoms with Gasteiger partial charge in [-0.3, -0.25) is 19.3 Å². The molecule has 9 heteroatoms. The fourth-order valence-corrected chi connectivity index (χ4v) is 6.32. The van der Waals surface area contributed by atoms with Gasteiger partial charge in [-0.05, 0) is 69.4 Å². The Morgan fingerprint density at radius 3 is 2.35 bits per heavy atom. The summed E-state index contributed by atoms with van der Waals surface area (Å²) in [5, 5.41) is 30.8. The van der Waals surface area contributed by atoms with Crippen molar-refractivity contribution in [1.82, 2.24) is 4.90 Å². The number of carbonyl (C=O) groups excluding carboxylic acids is 3. The zero-order valence-electron chi connectivity index (χ0n) is 22.6. The summed E-state index contributed by atoms with van der Waals surface area (Å²) in [6.45, 7) is 4.34. The molecule has 5 atom stereocenters. The third-order valence-corrected chi connectivity index (χ3v) is 8.34. The van der Waals surface area contributed by atoms with Crippen LogP contribution in [-0.4, -0.2) is 77.1 Å². The Bertz CT molecular complexity index is 1000. The van der Waals surface area contributed by atoms with E-state index in [1.807, 2.05) is 25.1 Å². The fourth-order valence-electron chi connectivity index (χ4n) is 6.32. The van der Waals surface area contributed by atoms with Crippen molar-refractivity contribution >= 4 is 23.2 Å². The Morgan fingerprint density at radius 2 is 1.81 bits per heavy atom. The summed E-state index contributed by atoms with van der Waals surface area (Å²) in [6, 6.07) is 2.81. The molecule has 2 aliphatic rings. The first-order chi connectivity index (χ1) is 17.5. The van der Waals surface area contributed by atoms with Crippen molar-refractivity contribution < 1.29 is 29.7 Å². The second-order valence-electron chi connectivity index (χ2n) is 11.2. The molecule has 1 fully saturated rings. The molecule has 0 saturated carbocycles. The van der Waals surface area contributed by atoms with E-state index in [1.165, 1.54) is 0 Å². The standard InChI is InChI=1S/C28H43N3O6/c1-16-5-6-17(2)31(16)14-20-12-23(30(3)4)21-10-18(11-25(35)27(21)28(20)37)9-19(7-8-32)22(15-33)24(34)13-26(29)36/h12,16-19,22,32-33,37H,5-11,13-15H2,1-4H3,(H2,29,36). The number of carbonyl (C=O) groups is 3. The summed E-state index contributed by atoms with van der Waals surface area (Å²) in [6.07, 6.45) is 3.19. The van der Waals surface area contributed by atoms with Crippen LogP contribution in [-0.2, 0) is 22.6 Å². The van der Waals surface area contributed by atoms with Crippen molar-refractivity contribution in [3.8, 4) is 5.75 Å². The number of nitrogens with zero attached hydrogens (tertiary/aromatic N) is 2. The van der Waals surface area contributed by atoms with E-state index in [1.54, 1.807) is 0 Å². The van der Waals surface area contributed by atoms with Crippen molar-refractivity contribution in [3.05, 3.63) is 22.8 Å². The van der Waals surface area contributed by atoms with Crippen LogP contribution in [0.1, 0.15) is 73.9 Å². The molecule has 1 aromatic carbocycles. The van der Waals surface area contributed by atoms with E-state index < -0.39 is 36.6 Å². The topological polar surface area (TPSA) is 144 Å². The van der Waals surface area contributed by atoms with Crippen LogP contribution >= 0.6 is 0 Å². The van der Waals surface area contributed by atoms with Crippen molar-refractivity contribution in [2.24, 2.45) is 23.5 Å². The second kappa shape index (κ2) is 12.4. The molecule has 1 aliphatic carbocycles. The molecule has 0 spiro atoms. The van der Waals surface area contributed by atoms with E-state index in [0.717, 1.165) is 29.7 Å². The van der Waals surface area contributed by atoms with Crippen molar-refractivity contribution in [1.29, 1.82) is 0 Å². The number of ketones is 2. The molecule has 0 radical (unpaired) electrons. The molecule has 0 aromatic heterocycles. The van der Waals surface area contributed by atoms with Gasteiger partial charge in [0.25, 0.3) is 0 Å². The minimum Gasteiger partial charge on any atom is -0.507 e. The Kier molecular flexibility index (Phi) is 9.72. The largest absolute Gasteiger partial charge is 0.507 e. The number of Topliss-reactive ketones (excluding diaryl/α,β-unsaturated/α-hetero) is 2. The molecular formula is C28H43N3O6. The van der Waals surface area contributed by atoms with Crippen LogP contribution in [0.4, 0.5) is 5.69 Å². The number of anilines is 1. The lowest BCUT2D eigenvalue weighted by Crippen LogP contribution is -2.34. The Morgan fingerprint density at radius 1 is 1.16 bits per heavy atom. The number of amides is 1. The smallest absolute Gasteiger partial charge is 0.224 e. The van der Waals surface area contributed by atoms with Crippen LogP contribution in [0.25, 0.3) is 0 Å². The molecule has 5 unspecified atom stereocenters. The van der Waals surface area contributed by atoms with E-state index in [2.05, 4.69) is 18.7 Å². The molecule has 1 aliphatic heterocycles. The summed E-state index contributed by atoms with van der Waals surface area (Å²) in [4.78, 5) is 41.6. The van der Waals surface area contributed by atoms with Crippen molar-refractivity contribution in [2.45, 2.75) is 77.4 Å². The maximum atomic E-state index is 13.4. The van der Waals surface area contributed by atoms with E-state index in [-0.39, 0.29) is 36.9 Å². The second-order valence-corrected chi connectivity index (χ2v) is 11.2. The van der Waals surface area contributed by atoms with Gasteiger partial charge in [-0.25, -0.2) is 0 Å². The van der Waals surface area contributed by atoms with Gasteiger partial charge in [0.1, 0.15) is 11.5 Å². The zero-order valence-corrected chi connectivity index (χ0v) is 22.6. The van der Waals surface area contributed by atoms with Crippen LogP contribution in [0.5, 0.6) is 5.75 Å². The SMILES string of the molecule is CC1CCC(C)N1Cc1cc(N(C)C)c2c(c1O)C(=O)CC(CC(CCO)C(CO)C(=O)CC(N)=O)C2. The molecule has 1 heterocycles. The highest BCUT2D eigenvalue weighted by Gasteiger charge is 2.37. The Hall–Kier alpha value is -2.49. The molecule has 3 rings (SSSR count). The highest BCUT2D eigenvalue weighted by atomic mass is 16.3. The molecule has 206 valence electrons. The van der Waals surface area contributed by atoms with Crippen LogP contribution < -0.4 is 10.6 Å². The number of phenolic OH excluding ortho intramolecular Hbond substituents is 1. The van der Waals surface area contributed by atoms with Crippen LogP contribution in [0.15, 0.2) is 6.07 Å². The third kappa shape index (κ3) is 6.51. The van der Waals surface area contributed by atoms with Gasteiger partial charge in [0.15, 0.2) is 5.78 Å². The number of aromatic hydroxyl groups is 1. The van der Waals surface area contributed by atoms with Gasteiger partial charge in [0.05, 0.1) is 18.6 Å². The number of benzene rings is 1. The van der Waals surface area contributed by atoms with Gasteiger partial charge in [-0.2, -0.15) is 0 Å². The first-order valence-corrected chi connectivity index (χ1v) is 13.3. The quantitative estimate of drug-likeness (QED) is 0.308. The van der Waals surface area contributed by atoms with Crippen molar-refractivity contribution in [3.63, 3.8) is 0 Å². The minimum absolute atomic E-state index is 0.0622. The highest BCUT2D eigenvalue weighted by Crippen LogP contribution is 2.43. The number of phenols is 1. The minimum atomic E-state index is -0.829. The number of aliphatic hydroxyl groups excluding tert-OH is 2. The maximum absolute atomic E-state index is 13.4. The number of rotatable bonds is 12. The van der Waals surface area contributed by atoms with Gasteiger partial charge in [0.2, 0.25) is 5.91 Å². The van der Waals surface area contributed by atoms with E-state index in [4.69, 9.17) is 5.73 Å². The molecule has 0 bridgehead atoms. The summed E-state index contributed by atoms with van der Waals surface area (Å²) >= 11 is 0. The predicted octanol–water partition coefficient (Wildman–Crippen LogP) is 2.02. The molecule has 1 aromatic rings. The predicted molar refractivity (Wildman–Crippen MR) is 141 cm³/mol. The average molecular weight is 518 g/mol. The normalized spacial score (nSPS) is 23.5. The summed E-state index contributed by atoms with van der Waals surface area (Å²) in [5.41, 5.74) is 8.01. The molecular weight excluding hydrogens is 474 g/mol. The lowest BCUT2D eigenvalue weighted by molar-refractivity contribution is -0.131. The number of hydrogen-bond acceptors (Lipinski definition) is 8.